The second-order valence-electron chi connectivity index (χ2n) is 4.34. The van der Waals surface area contributed by atoms with Gasteiger partial charge in [0.25, 0.3) is 0 Å². The lowest BCUT2D eigenvalue weighted by Gasteiger charge is -2.13. The lowest BCUT2D eigenvalue weighted by atomic mass is 10.1. The van der Waals surface area contributed by atoms with Gasteiger partial charge in [-0.1, -0.05) is 30.3 Å². The molecule has 0 spiro atoms. The first kappa shape index (κ1) is 11.6. The van der Waals surface area contributed by atoms with E-state index in [1.54, 1.807) is 6.92 Å². The Morgan fingerprint density at radius 1 is 1.18 bits per heavy atom. The molecule has 0 saturated carbocycles. The Hall–Kier alpha value is -1.83. The second kappa shape index (κ2) is 5.00. The Kier molecular flexibility index (Phi) is 3.43. The maximum Gasteiger partial charge on any atom is 0.133 e. The molecular weight excluding hydrogens is 212 g/mol. The zero-order chi connectivity index (χ0) is 12.3. The first-order valence-corrected chi connectivity index (χ1v) is 5.80. The van der Waals surface area contributed by atoms with E-state index in [1.165, 1.54) is 5.39 Å². The van der Waals surface area contributed by atoms with Gasteiger partial charge in [-0.3, -0.25) is 4.79 Å². The molecule has 88 valence electrons. The number of rotatable bonds is 4. The number of ketones is 1. The molecule has 0 heterocycles. The highest BCUT2D eigenvalue weighted by Crippen LogP contribution is 2.21. The average molecular weight is 228 g/mol. The fourth-order valence-electron chi connectivity index (χ4n) is 1.92. The molecule has 2 aromatic rings. The van der Waals surface area contributed by atoms with Crippen LogP contribution in [0.5, 0.6) is 5.75 Å². The summed E-state index contributed by atoms with van der Waals surface area (Å²) in [6.45, 7) is 3.50. The number of benzene rings is 2. The first-order valence-electron chi connectivity index (χ1n) is 5.80. The smallest absolute Gasteiger partial charge is 0.133 e. The highest BCUT2D eigenvalue weighted by atomic mass is 16.5. The molecule has 0 aliphatic heterocycles. The van der Waals surface area contributed by atoms with Crippen molar-refractivity contribution in [1.82, 2.24) is 0 Å². The highest BCUT2D eigenvalue weighted by molar-refractivity contribution is 5.83. The SMILES string of the molecule is CC(=O)CC(C)Oc1ccc2ccccc2c1. The number of carbonyl (C=O) groups excluding carboxylic acids is 1. The molecule has 2 nitrogen and oxygen atoms in total. The van der Waals surface area contributed by atoms with E-state index < -0.39 is 0 Å². The summed E-state index contributed by atoms with van der Waals surface area (Å²) in [4.78, 5) is 11.0. The van der Waals surface area contributed by atoms with Gasteiger partial charge in [-0.05, 0) is 36.8 Å². The summed E-state index contributed by atoms with van der Waals surface area (Å²) >= 11 is 0. The Morgan fingerprint density at radius 3 is 2.59 bits per heavy atom. The monoisotopic (exact) mass is 228 g/mol. The van der Waals surface area contributed by atoms with Crippen molar-refractivity contribution in [3.05, 3.63) is 42.5 Å². The molecule has 1 atom stereocenters. The van der Waals surface area contributed by atoms with E-state index in [1.807, 2.05) is 37.3 Å². The molecule has 2 rings (SSSR count). The van der Waals surface area contributed by atoms with E-state index >= 15 is 0 Å². The summed E-state index contributed by atoms with van der Waals surface area (Å²) < 4.78 is 5.71. The van der Waals surface area contributed by atoms with Gasteiger partial charge in [0.1, 0.15) is 17.6 Å². The Bertz CT molecular complexity index is 531. The molecule has 0 amide bonds. The number of ether oxygens (including phenoxy) is 1. The lowest BCUT2D eigenvalue weighted by Crippen LogP contribution is -2.15. The van der Waals surface area contributed by atoms with Crippen LogP contribution in [0.3, 0.4) is 0 Å². The van der Waals surface area contributed by atoms with Crippen LogP contribution < -0.4 is 4.74 Å². The van der Waals surface area contributed by atoms with Crippen LogP contribution in [0.15, 0.2) is 42.5 Å². The molecule has 17 heavy (non-hydrogen) atoms. The van der Waals surface area contributed by atoms with Crippen LogP contribution in [0.4, 0.5) is 0 Å². The second-order valence-corrected chi connectivity index (χ2v) is 4.34. The number of fused-ring (bicyclic) bond motifs is 1. The topological polar surface area (TPSA) is 26.3 Å². The van der Waals surface area contributed by atoms with Crippen molar-refractivity contribution < 1.29 is 9.53 Å². The number of hydrogen-bond acceptors (Lipinski definition) is 2. The van der Waals surface area contributed by atoms with E-state index in [2.05, 4.69) is 12.1 Å². The van der Waals surface area contributed by atoms with Gasteiger partial charge >= 0.3 is 0 Å². The number of hydrogen-bond donors (Lipinski definition) is 0. The van der Waals surface area contributed by atoms with Crippen LogP contribution in [-0.4, -0.2) is 11.9 Å². The minimum absolute atomic E-state index is 0.0753. The van der Waals surface area contributed by atoms with E-state index in [9.17, 15) is 4.79 Å². The minimum Gasteiger partial charge on any atom is -0.490 e. The average Bonchev–Trinajstić information content (AvgIpc) is 2.27. The molecular formula is C15H16O2. The summed E-state index contributed by atoms with van der Waals surface area (Å²) in [5.41, 5.74) is 0. The zero-order valence-electron chi connectivity index (χ0n) is 10.1. The molecule has 0 aromatic heterocycles. The lowest BCUT2D eigenvalue weighted by molar-refractivity contribution is -0.118. The molecule has 2 aromatic carbocycles. The molecule has 0 saturated heterocycles. The van der Waals surface area contributed by atoms with Gasteiger partial charge in [0.2, 0.25) is 0 Å². The third-order valence-corrected chi connectivity index (χ3v) is 2.63. The van der Waals surface area contributed by atoms with Crippen molar-refractivity contribution >= 4 is 16.6 Å². The van der Waals surface area contributed by atoms with Crippen molar-refractivity contribution in [2.75, 3.05) is 0 Å². The highest BCUT2D eigenvalue weighted by Gasteiger charge is 2.07. The fraction of sp³-hybridized carbons (Fsp3) is 0.267. The summed E-state index contributed by atoms with van der Waals surface area (Å²) in [5, 5.41) is 2.35. The number of carbonyl (C=O) groups is 1. The largest absolute Gasteiger partial charge is 0.490 e. The summed E-state index contributed by atoms with van der Waals surface area (Å²) in [7, 11) is 0. The fourth-order valence-corrected chi connectivity index (χ4v) is 1.92. The Labute approximate surface area is 101 Å². The van der Waals surface area contributed by atoms with Gasteiger partial charge in [0, 0.05) is 6.42 Å². The quantitative estimate of drug-likeness (QED) is 0.799. The number of Topliss-reactive ketones (excluding diaryl/α,β-unsaturated/α-hetero) is 1. The van der Waals surface area contributed by atoms with Crippen LogP contribution in [0.1, 0.15) is 20.3 Å². The normalized spacial score (nSPS) is 12.4. The summed E-state index contributed by atoms with van der Waals surface area (Å²) in [6, 6.07) is 14.1. The first-order chi connectivity index (χ1) is 8.15. The van der Waals surface area contributed by atoms with Crippen LogP contribution in [0, 0.1) is 0 Å². The maximum atomic E-state index is 11.0. The van der Waals surface area contributed by atoms with Gasteiger partial charge in [0.15, 0.2) is 0 Å². The Balaban J connectivity index is 2.16. The van der Waals surface area contributed by atoms with Gasteiger partial charge in [-0.2, -0.15) is 0 Å². The minimum atomic E-state index is -0.0753. The van der Waals surface area contributed by atoms with E-state index in [0.717, 1.165) is 11.1 Å². The van der Waals surface area contributed by atoms with E-state index in [-0.39, 0.29) is 11.9 Å². The van der Waals surface area contributed by atoms with Crippen LogP contribution in [0.2, 0.25) is 0 Å². The summed E-state index contributed by atoms with van der Waals surface area (Å²) in [6.07, 6.45) is 0.376. The third kappa shape index (κ3) is 3.06. The predicted octanol–water partition coefficient (Wildman–Crippen LogP) is 3.59. The van der Waals surface area contributed by atoms with Crippen molar-refractivity contribution in [1.29, 1.82) is 0 Å². The molecule has 0 fully saturated rings. The van der Waals surface area contributed by atoms with Gasteiger partial charge in [-0.25, -0.2) is 0 Å². The standard InChI is InChI=1S/C15H16O2/c1-11(16)9-12(2)17-15-8-7-13-5-3-4-6-14(13)10-15/h3-8,10,12H,9H2,1-2H3. The molecule has 0 radical (unpaired) electrons. The molecule has 0 N–H and O–H groups in total. The third-order valence-electron chi connectivity index (χ3n) is 2.63. The van der Waals surface area contributed by atoms with Crippen LogP contribution in [0.25, 0.3) is 10.8 Å². The molecule has 0 aliphatic carbocycles. The van der Waals surface area contributed by atoms with Gasteiger partial charge < -0.3 is 4.74 Å². The zero-order valence-corrected chi connectivity index (χ0v) is 10.1. The molecule has 0 aliphatic rings. The summed E-state index contributed by atoms with van der Waals surface area (Å²) in [5.74, 6) is 0.968. The Morgan fingerprint density at radius 2 is 1.88 bits per heavy atom. The van der Waals surface area contributed by atoms with Crippen LogP contribution in [-0.2, 0) is 4.79 Å². The van der Waals surface area contributed by atoms with E-state index in [4.69, 9.17) is 4.74 Å². The van der Waals surface area contributed by atoms with Crippen molar-refractivity contribution in [3.63, 3.8) is 0 Å². The predicted molar refractivity (Wildman–Crippen MR) is 69.3 cm³/mol. The molecule has 2 heteroatoms. The van der Waals surface area contributed by atoms with Crippen LogP contribution >= 0.6 is 0 Å². The van der Waals surface area contributed by atoms with Gasteiger partial charge in [-0.15, -0.1) is 0 Å². The molecule has 1 unspecified atom stereocenters. The van der Waals surface area contributed by atoms with Crippen molar-refractivity contribution in [3.8, 4) is 5.75 Å². The van der Waals surface area contributed by atoms with E-state index in [0.29, 0.717) is 6.42 Å². The van der Waals surface area contributed by atoms with Gasteiger partial charge in [0.05, 0.1) is 0 Å². The molecule has 0 bridgehead atoms. The maximum absolute atomic E-state index is 11.0. The van der Waals surface area contributed by atoms with Crippen molar-refractivity contribution in [2.45, 2.75) is 26.4 Å². The van der Waals surface area contributed by atoms with Crippen molar-refractivity contribution in [2.24, 2.45) is 0 Å².